The smallest absolute Gasteiger partial charge is 0.0494 e. The number of nitrogens with zero attached hydrogens (tertiary/aromatic N) is 2. The van der Waals surface area contributed by atoms with Gasteiger partial charge in [0.15, 0.2) is 0 Å². The fourth-order valence-corrected chi connectivity index (χ4v) is 3.08. The molecule has 2 fully saturated rings. The first-order valence-electron chi connectivity index (χ1n) is 6.68. The van der Waals surface area contributed by atoms with Gasteiger partial charge in [0.25, 0.3) is 0 Å². The molecule has 0 aliphatic carbocycles. The van der Waals surface area contributed by atoms with Crippen molar-refractivity contribution in [2.45, 2.75) is 39.2 Å². The Bertz CT molecular complexity index is 230. The van der Waals surface area contributed by atoms with Crippen molar-refractivity contribution in [1.82, 2.24) is 9.80 Å². The Morgan fingerprint density at radius 1 is 1.19 bits per heavy atom. The zero-order valence-electron chi connectivity index (χ0n) is 10.8. The van der Waals surface area contributed by atoms with Crippen LogP contribution in [0.3, 0.4) is 0 Å². The molecule has 0 amide bonds. The number of hydrogen-bond donors (Lipinski definition) is 1. The minimum Gasteiger partial charge on any atom is -0.396 e. The maximum Gasteiger partial charge on any atom is 0.0494 e. The van der Waals surface area contributed by atoms with Crippen molar-refractivity contribution in [1.29, 1.82) is 0 Å². The zero-order chi connectivity index (χ0) is 11.6. The van der Waals surface area contributed by atoms with Crippen molar-refractivity contribution in [3.05, 3.63) is 0 Å². The van der Waals surface area contributed by atoms with Crippen molar-refractivity contribution < 1.29 is 5.11 Å². The summed E-state index contributed by atoms with van der Waals surface area (Å²) in [6, 6.07) is 0.789. The van der Waals surface area contributed by atoms with Crippen LogP contribution < -0.4 is 0 Å². The highest BCUT2D eigenvalue weighted by atomic mass is 16.3. The number of aliphatic hydroxyl groups is 1. The molecule has 2 aliphatic rings. The van der Waals surface area contributed by atoms with E-state index in [2.05, 4.69) is 23.6 Å². The van der Waals surface area contributed by atoms with Gasteiger partial charge in [-0.05, 0) is 38.9 Å². The normalized spacial score (nSPS) is 29.1. The Balaban J connectivity index is 1.90. The predicted molar refractivity (Wildman–Crippen MR) is 66.5 cm³/mol. The first-order valence-corrected chi connectivity index (χ1v) is 6.68. The molecule has 0 radical (unpaired) electrons. The second-order valence-electron chi connectivity index (χ2n) is 6.24. The molecule has 0 saturated carbocycles. The second-order valence-corrected chi connectivity index (χ2v) is 6.24. The minimum absolute atomic E-state index is 0.0494. The molecule has 2 saturated heterocycles. The average molecular weight is 226 g/mol. The van der Waals surface area contributed by atoms with E-state index in [0.29, 0.717) is 0 Å². The van der Waals surface area contributed by atoms with Gasteiger partial charge in [0, 0.05) is 31.2 Å². The standard InChI is InChI=1S/C13H26N2O/c1-13(2,11-16)10-14-6-4-8-15-7-3-5-12(15)9-14/h12,16H,3-11H2,1-2H3. The van der Waals surface area contributed by atoms with Crippen LogP contribution in [0, 0.1) is 5.41 Å². The molecule has 3 nitrogen and oxygen atoms in total. The van der Waals surface area contributed by atoms with E-state index < -0.39 is 0 Å². The summed E-state index contributed by atoms with van der Waals surface area (Å²) in [5.74, 6) is 0. The summed E-state index contributed by atoms with van der Waals surface area (Å²) in [4.78, 5) is 5.22. The van der Waals surface area contributed by atoms with Crippen LogP contribution in [-0.4, -0.2) is 60.3 Å². The summed E-state index contributed by atoms with van der Waals surface area (Å²) in [5.41, 5.74) is 0.0494. The Morgan fingerprint density at radius 3 is 2.69 bits per heavy atom. The highest BCUT2D eigenvalue weighted by Gasteiger charge is 2.30. The molecule has 2 heterocycles. The van der Waals surface area contributed by atoms with E-state index in [1.807, 2.05) is 0 Å². The molecule has 2 rings (SSSR count). The summed E-state index contributed by atoms with van der Waals surface area (Å²) >= 11 is 0. The quantitative estimate of drug-likeness (QED) is 0.783. The van der Waals surface area contributed by atoms with Gasteiger partial charge in [-0.1, -0.05) is 13.8 Å². The van der Waals surface area contributed by atoms with E-state index in [9.17, 15) is 5.11 Å². The Labute approximate surface area is 99.4 Å². The molecular weight excluding hydrogens is 200 g/mol. The van der Waals surface area contributed by atoms with E-state index in [1.165, 1.54) is 45.4 Å². The molecule has 0 aromatic rings. The molecule has 0 bridgehead atoms. The van der Waals surface area contributed by atoms with Gasteiger partial charge in [-0.15, -0.1) is 0 Å². The number of aliphatic hydroxyl groups excluding tert-OH is 1. The van der Waals surface area contributed by atoms with Crippen LogP contribution in [-0.2, 0) is 0 Å². The van der Waals surface area contributed by atoms with Gasteiger partial charge >= 0.3 is 0 Å². The summed E-state index contributed by atoms with van der Waals surface area (Å²) in [7, 11) is 0. The lowest BCUT2D eigenvalue weighted by molar-refractivity contribution is 0.0982. The highest BCUT2D eigenvalue weighted by Crippen LogP contribution is 2.24. The number of hydrogen-bond acceptors (Lipinski definition) is 3. The van der Waals surface area contributed by atoms with Gasteiger partial charge < -0.3 is 10.0 Å². The van der Waals surface area contributed by atoms with Gasteiger partial charge in [-0.25, -0.2) is 0 Å². The number of rotatable bonds is 3. The van der Waals surface area contributed by atoms with E-state index in [-0.39, 0.29) is 12.0 Å². The zero-order valence-corrected chi connectivity index (χ0v) is 10.8. The molecule has 94 valence electrons. The van der Waals surface area contributed by atoms with Crippen molar-refractivity contribution in [3.8, 4) is 0 Å². The average Bonchev–Trinajstić information content (AvgIpc) is 2.58. The number of fused-ring (bicyclic) bond motifs is 1. The first kappa shape index (κ1) is 12.3. The lowest BCUT2D eigenvalue weighted by atomic mass is 9.94. The molecule has 2 aliphatic heterocycles. The van der Waals surface area contributed by atoms with E-state index in [4.69, 9.17) is 0 Å². The van der Waals surface area contributed by atoms with Crippen molar-refractivity contribution in [2.24, 2.45) is 5.41 Å². The van der Waals surface area contributed by atoms with Gasteiger partial charge in [-0.2, -0.15) is 0 Å². The lowest BCUT2D eigenvalue weighted by Gasteiger charge is -2.32. The van der Waals surface area contributed by atoms with E-state index in [1.54, 1.807) is 0 Å². The third-order valence-corrected chi connectivity index (χ3v) is 3.97. The summed E-state index contributed by atoms with van der Waals surface area (Å²) in [6.07, 6.45) is 4.04. The summed E-state index contributed by atoms with van der Waals surface area (Å²) < 4.78 is 0. The third-order valence-electron chi connectivity index (χ3n) is 3.97. The molecular formula is C13H26N2O. The Kier molecular flexibility index (Phi) is 3.88. The maximum atomic E-state index is 9.35. The molecule has 16 heavy (non-hydrogen) atoms. The van der Waals surface area contributed by atoms with Crippen LogP contribution in [0.5, 0.6) is 0 Å². The molecule has 1 atom stereocenters. The van der Waals surface area contributed by atoms with E-state index in [0.717, 1.165) is 12.6 Å². The predicted octanol–water partition coefficient (Wildman–Crippen LogP) is 1.17. The SMILES string of the molecule is CC(C)(CO)CN1CCCN2CCCC2C1. The van der Waals surface area contributed by atoms with Crippen molar-refractivity contribution in [2.75, 3.05) is 39.3 Å². The van der Waals surface area contributed by atoms with Gasteiger partial charge in [-0.3, -0.25) is 4.90 Å². The van der Waals surface area contributed by atoms with Crippen LogP contribution in [0.15, 0.2) is 0 Å². The fraction of sp³-hybridized carbons (Fsp3) is 1.00. The van der Waals surface area contributed by atoms with Gasteiger partial charge in [0.05, 0.1) is 0 Å². The molecule has 1 N–H and O–H groups in total. The lowest BCUT2D eigenvalue weighted by Crippen LogP contribution is -2.41. The monoisotopic (exact) mass is 226 g/mol. The summed E-state index contributed by atoms with van der Waals surface area (Å²) in [5, 5.41) is 9.35. The van der Waals surface area contributed by atoms with Crippen LogP contribution in [0.1, 0.15) is 33.1 Å². The minimum atomic E-state index is 0.0494. The molecule has 0 aromatic heterocycles. The molecule has 3 heteroatoms. The van der Waals surface area contributed by atoms with Gasteiger partial charge in [0.1, 0.15) is 0 Å². The maximum absolute atomic E-state index is 9.35. The van der Waals surface area contributed by atoms with Crippen LogP contribution in [0.2, 0.25) is 0 Å². The van der Waals surface area contributed by atoms with Crippen LogP contribution in [0.4, 0.5) is 0 Å². The van der Waals surface area contributed by atoms with Crippen LogP contribution >= 0.6 is 0 Å². The first-order chi connectivity index (χ1) is 7.61. The topological polar surface area (TPSA) is 26.7 Å². The summed E-state index contributed by atoms with van der Waals surface area (Å²) in [6.45, 7) is 10.6. The van der Waals surface area contributed by atoms with Gasteiger partial charge in [0.2, 0.25) is 0 Å². The fourth-order valence-electron chi connectivity index (χ4n) is 3.08. The molecule has 0 aromatic carbocycles. The largest absolute Gasteiger partial charge is 0.396 e. The van der Waals surface area contributed by atoms with Crippen molar-refractivity contribution in [3.63, 3.8) is 0 Å². The van der Waals surface area contributed by atoms with E-state index >= 15 is 0 Å². The second kappa shape index (κ2) is 5.03. The van der Waals surface area contributed by atoms with Crippen molar-refractivity contribution >= 4 is 0 Å². The molecule has 0 spiro atoms. The molecule has 1 unspecified atom stereocenters. The Morgan fingerprint density at radius 2 is 1.94 bits per heavy atom. The Hall–Kier alpha value is -0.120. The highest BCUT2D eigenvalue weighted by molar-refractivity contribution is 4.86. The third kappa shape index (κ3) is 2.96. The van der Waals surface area contributed by atoms with Crippen LogP contribution in [0.25, 0.3) is 0 Å².